The predicted octanol–water partition coefficient (Wildman–Crippen LogP) is 4.43. The number of ether oxygens (including phenoxy) is 1. The van der Waals surface area contributed by atoms with Crippen molar-refractivity contribution in [1.82, 2.24) is 9.97 Å². The minimum Gasteiger partial charge on any atom is -0.444 e. The van der Waals surface area contributed by atoms with E-state index in [-0.39, 0.29) is 5.82 Å². The normalized spacial score (nSPS) is 12.1. The second-order valence-corrected chi connectivity index (χ2v) is 8.44. The Balaban J connectivity index is 2.38. The number of carbonyl (C=O) groups is 1. The van der Waals surface area contributed by atoms with E-state index >= 15 is 0 Å². The van der Waals surface area contributed by atoms with Crippen molar-refractivity contribution in [2.24, 2.45) is 0 Å². The molecular formula is C16H20ClN3O3S. The minimum atomic E-state index is -1.11. The van der Waals surface area contributed by atoms with Gasteiger partial charge < -0.3 is 9.84 Å². The van der Waals surface area contributed by atoms with Gasteiger partial charge in [0, 0.05) is 0 Å². The zero-order chi connectivity index (χ0) is 18.1. The smallest absolute Gasteiger partial charge is 0.413 e. The molecule has 1 amide bonds. The van der Waals surface area contributed by atoms with Gasteiger partial charge >= 0.3 is 6.09 Å². The average molecular weight is 370 g/mol. The molecular weight excluding hydrogens is 350 g/mol. The van der Waals surface area contributed by atoms with Crippen molar-refractivity contribution in [3.05, 3.63) is 28.2 Å². The first-order valence-corrected chi connectivity index (χ1v) is 8.50. The van der Waals surface area contributed by atoms with E-state index < -0.39 is 17.3 Å². The highest BCUT2D eigenvalue weighted by atomic mass is 35.5. The summed E-state index contributed by atoms with van der Waals surface area (Å²) >= 11 is 7.19. The van der Waals surface area contributed by atoms with Crippen molar-refractivity contribution in [2.75, 3.05) is 5.32 Å². The molecule has 0 saturated carbocycles. The fraction of sp³-hybridized carbons (Fsp3) is 0.438. The van der Waals surface area contributed by atoms with Crippen LogP contribution >= 0.6 is 22.9 Å². The van der Waals surface area contributed by atoms with E-state index in [4.69, 9.17) is 16.3 Å². The summed E-state index contributed by atoms with van der Waals surface area (Å²) in [6.07, 6.45) is 0.909. The Hall–Kier alpha value is -1.70. The first-order valence-electron chi connectivity index (χ1n) is 7.31. The van der Waals surface area contributed by atoms with Crippen molar-refractivity contribution in [3.8, 4) is 10.7 Å². The number of nitrogens with one attached hydrogen (secondary N) is 1. The summed E-state index contributed by atoms with van der Waals surface area (Å²) in [5, 5.41) is 13.5. The molecule has 24 heavy (non-hydrogen) atoms. The molecule has 0 saturated heterocycles. The maximum atomic E-state index is 12.0. The highest BCUT2D eigenvalue weighted by molar-refractivity contribution is 7.18. The van der Waals surface area contributed by atoms with Crippen molar-refractivity contribution in [1.29, 1.82) is 0 Å². The zero-order valence-corrected chi connectivity index (χ0v) is 15.7. The predicted molar refractivity (Wildman–Crippen MR) is 95.5 cm³/mol. The summed E-state index contributed by atoms with van der Waals surface area (Å²) < 4.78 is 5.76. The topological polar surface area (TPSA) is 84.3 Å². The number of thiazole rings is 1. The highest BCUT2D eigenvalue weighted by Crippen LogP contribution is 2.31. The molecule has 2 heterocycles. The van der Waals surface area contributed by atoms with E-state index in [2.05, 4.69) is 15.3 Å². The number of hydrogen-bond acceptors (Lipinski definition) is 6. The molecule has 2 N–H and O–H groups in total. The molecule has 0 fully saturated rings. The Morgan fingerprint density at radius 2 is 1.96 bits per heavy atom. The van der Waals surface area contributed by atoms with Gasteiger partial charge in [-0.3, -0.25) is 5.32 Å². The third kappa shape index (κ3) is 5.15. The Morgan fingerprint density at radius 1 is 1.29 bits per heavy atom. The summed E-state index contributed by atoms with van der Waals surface area (Å²) in [5.74, 6) is 0.269. The van der Waals surface area contributed by atoms with Crippen LogP contribution in [-0.4, -0.2) is 26.8 Å². The molecule has 2 rings (SSSR count). The van der Waals surface area contributed by atoms with Gasteiger partial charge in [-0.1, -0.05) is 11.6 Å². The number of amides is 1. The van der Waals surface area contributed by atoms with Crippen LogP contribution in [0.4, 0.5) is 10.6 Å². The summed E-state index contributed by atoms with van der Waals surface area (Å²) in [7, 11) is 0. The molecule has 130 valence electrons. The second kappa shape index (κ2) is 6.66. The Morgan fingerprint density at radius 3 is 2.46 bits per heavy atom. The molecule has 0 aliphatic heterocycles. The molecule has 2 aromatic rings. The Labute approximate surface area is 149 Å². The second-order valence-electron chi connectivity index (χ2n) is 6.78. The average Bonchev–Trinajstić information content (AvgIpc) is 2.81. The van der Waals surface area contributed by atoms with Crippen LogP contribution in [0, 0.1) is 0 Å². The number of hydrogen-bond donors (Lipinski definition) is 2. The fourth-order valence-electron chi connectivity index (χ4n) is 1.84. The van der Waals surface area contributed by atoms with Crippen LogP contribution in [0.2, 0.25) is 4.34 Å². The summed E-state index contributed by atoms with van der Waals surface area (Å²) in [4.78, 5) is 20.5. The molecule has 0 atom stereocenters. The van der Waals surface area contributed by atoms with Gasteiger partial charge in [0.05, 0.1) is 11.8 Å². The summed E-state index contributed by atoms with van der Waals surface area (Å²) in [5.41, 5.74) is -0.630. The molecule has 0 bridgehead atoms. The maximum Gasteiger partial charge on any atom is 0.413 e. The van der Waals surface area contributed by atoms with Crippen LogP contribution in [0.15, 0.2) is 18.3 Å². The van der Waals surface area contributed by atoms with Crippen LogP contribution in [0.1, 0.15) is 40.2 Å². The van der Waals surface area contributed by atoms with Crippen LogP contribution in [0.5, 0.6) is 0 Å². The van der Waals surface area contributed by atoms with Gasteiger partial charge in [-0.15, -0.1) is 11.3 Å². The maximum absolute atomic E-state index is 12.0. The number of aliphatic hydroxyl groups is 1. The number of pyridine rings is 1. The summed E-state index contributed by atoms with van der Waals surface area (Å²) in [6, 6.07) is 3.32. The lowest BCUT2D eigenvalue weighted by molar-refractivity contribution is 0.0633. The highest BCUT2D eigenvalue weighted by Gasteiger charge is 2.22. The number of halogens is 1. The summed E-state index contributed by atoms with van der Waals surface area (Å²) in [6.45, 7) is 8.62. The fourth-order valence-corrected chi connectivity index (χ4v) is 2.71. The monoisotopic (exact) mass is 369 g/mol. The van der Waals surface area contributed by atoms with Crippen LogP contribution in [0.25, 0.3) is 10.7 Å². The van der Waals surface area contributed by atoms with Gasteiger partial charge in [0.2, 0.25) is 0 Å². The van der Waals surface area contributed by atoms with E-state index in [1.165, 1.54) is 17.5 Å². The number of nitrogens with zero attached hydrogens (tertiary/aromatic N) is 2. The lowest BCUT2D eigenvalue weighted by atomic mass is 9.98. The van der Waals surface area contributed by atoms with Gasteiger partial charge in [-0.05, 0) is 52.3 Å². The number of aromatic nitrogens is 2. The first kappa shape index (κ1) is 18.6. The first-order chi connectivity index (χ1) is 10.9. The van der Waals surface area contributed by atoms with E-state index in [0.717, 1.165) is 0 Å². The molecule has 0 aliphatic carbocycles. The molecule has 0 spiro atoms. The van der Waals surface area contributed by atoms with E-state index in [1.807, 2.05) is 0 Å². The van der Waals surface area contributed by atoms with Gasteiger partial charge in [0.15, 0.2) is 0 Å². The van der Waals surface area contributed by atoms with E-state index in [9.17, 15) is 9.90 Å². The molecule has 8 heteroatoms. The Kier molecular flexibility index (Phi) is 5.17. The van der Waals surface area contributed by atoms with Crippen molar-refractivity contribution in [2.45, 2.75) is 45.8 Å². The SMILES string of the molecule is CC(C)(C)OC(=O)Nc1cc(C(C)(C)O)cc(-c2ncc(Cl)s2)n1. The number of carbonyl (C=O) groups excluding carboxylic acids is 1. The Bertz CT molecular complexity index is 748. The number of rotatable bonds is 3. The largest absolute Gasteiger partial charge is 0.444 e. The molecule has 2 aromatic heterocycles. The lowest BCUT2D eigenvalue weighted by Gasteiger charge is -2.21. The molecule has 6 nitrogen and oxygen atoms in total. The van der Waals surface area contributed by atoms with E-state index in [1.54, 1.807) is 46.8 Å². The number of anilines is 1. The van der Waals surface area contributed by atoms with Crippen LogP contribution < -0.4 is 5.32 Å². The van der Waals surface area contributed by atoms with Gasteiger partial charge in [0.1, 0.15) is 26.5 Å². The molecule has 0 unspecified atom stereocenters. The lowest BCUT2D eigenvalue weighted by Crippen LogP contribution is -2.27. The van der Waals surface area contributed by atoms with E-state index in [0.29, 0.717) is 20.6 Å². The van der Waals surface area contributed by atoms with Gasteiger partial charge in [-0.2, -0.15) is 0 Å². The third-order valence-corrected chi connectivity index (χ3v) is 3.99. The van der Waals surface area contributed by atoms with Crippen molar-refractivity contribution < 1.29 is 14.6 Å². The standard InChI is InChI=1S/C16H20ClN3O3S/c1-15(2,3)23-14(21)20-12-7-9(16(4,5)22)6-10(19-12)13-18-8-11(17)24-13/h6-8,22H,1-5H3,(H,19,20,21). The van der Waals surface area contributed by atoms with Crippen LogP contribution in [-0.2, 0) is 10.3 Å². The molecule has 0 aromatic carbocycles. The van der Waals surface area contributed by atoms with Crippen LogP contribution in [0.3, 0.4) is 0 Å². The van der Waals surface area contributed by atoms with Gasteiger partial charge in [-0.25, -0.2) is 14.8 Å². The third-order valence-electron chi connectivity index (χ3n) is 2.86. The molecule has 0 aliphatic rings. The molecule has 0 radical (unpaired) electrons. The van der Waals surface area contributed by atoms with Crippen molar-refractivity contribution in [3.63, 3.8) is 0 Å². The van der Waals surface area contributed by atoms with Crippen molar-refractivity contribution >= 4 is 34.8 Å². The van der Waals surface area contributed by atoms with Gasteiger partial charge in [0.25, 0.3) is 0 Å². The minimum absolute atomic E-state index is 0.269. The quantitative estimate of drug-likeness (QED) is 0.835. The zero-order valence-electron chi connectivity index (χ0n) is 14.2.